The van der Waals surface area contributed by atoms with Gasteiger partial charge < -0.3 is 9.84 Å². The van der Waals surface area contributed by atoms with Crippen LogP contribution in [0.1, 0.15) is 12.0 Å². The molecule has 0 amide bonds. The Hall–Kier alpha value is -2.48. The number of β-amino-alcohol motifs (C(OH)–C–C–N with tert-alkyl or cyclic N) is 1. The summed E-state index contributed by atoms with van der Waals surface area (Å²) in [5.41, 5.74) is 1.30. The normalized spacial score (nSPS) is 17.0. The summed E-state index contributed by atoms with van der Waals surface area (Å²) in [6.45, 7) is 5.46. The van der Waals surface area contributed by atoms with E-state index in [0.717, 1.165) is 39.1 Å². The van der Waals surface area contributed by atoms with Crippen LogP contribution in [0.25, 0.3) is 0 Å². The molecule has 1 N–H and O–H groups in total. The van der Waals surface area contributed by atoms with Gasteiger partial charge in [-0.1, -0.05) is 36.4 Å². The Morgan fingerprint density at radius 1 is 1.04 bits per heavy atom. The predicted octanol–water partition coefficient (Wildman–Crippen LogP) is 2.54. The van der Waals surface area contributed by atoms with E-state index in [9.17, 15) is 15.2 Å². The van der Waals surface area contributed by atoms with Gasteiger partial charge in [-0.05, 0) is 31.1 Å². The molecule has 0 spiro atoms. The van der Waals surface area contributed by atoms with Gasteiger partial charge in [-0.3, -0.25) is 19.9 Å². The van der Waals surface area contributed by atoms with Gasteiger partial charge in [0.1, 0.15) is 18.5 Å². The third-order valence-corrected chi connectivity index (χ3v) is 4.87. The van der Waals surface area contributed by atoms with Crippen molar-refractivity contribution >= 4 is 5.69 Å². The topological polar surface area (TPSA) is 79.1 Å². The first-order valence-corrected chi connectivity index (χ1v) is 9.64. The maximum absolute atomic E-state index is 10.8. The molecule has 28 heavy (non-hydrogen) atoms. The van der Waals surface area contributed by atoms with E-state index in [1.54, 1.807) is 12.1 Å². The lowest BCUT2D eigenvalue weighted by molar-refractivity contribution is -0.384. The number of nitro groups is 1. The fraction of sp³-hybridized carbons (Fsp3) is 0.429. The number of ether oxygens (including phenoxy) is 1. The predicted molar refractivity (Wildman–Crippen MR) is 107 cm³/mol. The van der Waals surface area contributed by atoms with Gasteiger partial charge in [-0.2, -0.15) is 0 Å². The van der Waals surface area contributed by atoms with Crippen LogP contribution in [0.4, 0.5) is 5.69 Å². The van der Waals surface area contributed by atoms with E-state index in [4.69, 9.17) is 4.74 Å². The minimum Gasteiger partial charge on any atom is -0.491 e. The fourth-order valence-corrected chi connectivity index (χ4v) is 3.44. The zero-order chi connectivity index (χ0) is 19.8. The highest BCUT2D eigenvalue weighted by Gasteiger charge is 2.18. The minimum absolute atomic E-state index is 0.0157. The number of rotatable bonds is 8. The second-order valence-electron chi connectivity index (χ2n) is 7.14. The van der Waals surface area contributed by atoms with Crippen molar-refractivity contribution in [3.05, 3.63) is 70.3 Å². The molecule has 1 aliphatic heterocycles. The van der Waals surface area contributed by atoms with Gasteiger partial charge in [0, 0.05) is 32.2 Å². The lowest BCUT2D eigenvalue weighted by Crippen LogP contribution is -2.38. The van der Waals surface area contributed by atoms with E-state index in [1.807, 2.05) is 6.07 Å². The van der Waals surface area contributed by atoms with E-state index in [0.29, 0.717) is 12.3 Å². The Morgan fingerprint density at radius 3 is 2.57 bits per heavy atom. The number of benzene rings is 2. The number of hydrogen-bond donors (Lipinski definition) is 1. The lowest BCUT2D eigenvalue weighted by Gasteiger charge is -2.24. The van der Waals surface area contributed by atoms with Crippen LogP contribution in [0.2, 0.25) is 0 Å². The van der Waals surface area contributed by atoms with Gasteiger partial charge in [0.05, 0.1) is 11.0 Å². The lowest BCUT2D eigenvalue weighted by atomic mass is 10.2. The van der Waals surface area contributed by atoms with E-state index in [-0.39, 0.29) is 12.3 Å². The molecule has 0 aliphatic carbocycles. The quantitative estimate of drug-likeness (QED) is 0.556. The van der Waals surface area contributed by atoms with Crippen molar-refractivity contribution in [2.45, 2.75) is 19.1 Å². The van der Waals surface area contributed by atoms with Gasteiger partial charge in [0.15, 0.2) is 0 Å². The van der Waals surface area contributed by atoms with E-state index in [2.05, 4.69) is 34.1 Å². The minimum atomic E-state index is -0.639. The molecule has 0 aromatic heterocycles. The van der Waals surface area contributed by atoms with Crippen molar-refractivity contribution < 1.29 is 14.8 Å². The van der Waals surface area contributed by atoms with Crippen LogP contribution >= 0.6 is 0 Å². The molecule has 1 heterocycles. The number of nitrogens with zero attached hydrogens (tertiary/aromatic N) is 3. The summed E-state index contributed by atoms with van der Waals surface area (Å²) < 4.78 is 5.54. The molecule has 0 radical (unpaired) electrons. The first kappa shape index (κ1) is 20.3. The van der Waals surface area contributed by atoms with Crippen LogP contribution in [0.3, 0.4) is 0 Å². The van der Waals surface area contributed by atoms with E-state index >= 15 is 0 Å². The molecule has 150 valence electrons. The highest BCUT2D eigenvalue weighted by molar-refractivity contribution is 5.37. The monoisotopic (exact) mass is 385 g/mol. The molecule has 1 unspecified atom stereocenters. The smallest absolute Gasteiger partial charge is 0.273 e. The number of non-ortho nitro benzene ring substituents is 1. The van der Waals surface area contributed by atoms with E-state index in [1.165, 1.54) is 17.7 Å². The Bertz CT molecular complexity index is 756. The molecule has 1 saturated heterocycles. The zero-order valence-electron chi connectivity index (χ0n) is 15.9. The molecule has 0 saturated carbocycles. The Kier molecular flexibility index (Phi) is 7.36. The van der Waals surface area contributed by atoms with Crippen LogP contribution < -0.4 is 4.74 Å². The number of aliphatic hydroxyl groups excluding tert-OH is 1. The van der Waals surface area contributed by atoms with Crippen LogP contribution in [-0.2, 0) is 6.54 Å². The molecular formula is C21H27N3O4. The van der Waals surface area contributed by atoms with E-state index < -0.39 is 11.0 Å². The zero-order valence-corrected chi connectivity index (χ0v) is 15.9. The number of aliphatic hydroxyl groups is 1. The largest absolute Gasteiger partial charge is 0.491 e. The maximum Gasteiger partial charge on any atom is 0.273 e. The molecular weight excluding hydrogens is 358 g/mol. The Labute approximate surface area is 165 Å². The Morgan fingerprint density at radius 2 is 1.79 bits per heavy atom. The summed E-state index contributed by atoms with van der Waals surface area (Å²) in [4.78, 5) is 15.1. The summed E-state index contributed by atoms with van der Waals surface area (Å²) in [6.07, 6.45) is 0.422. The molecule has 1 aliphatic rings. The summed E-state index contributed by atoms with van der Waals surface area (Å²) in [5, 5.41) is 21.1. The standard InChI is InChI=1S/C21H27N3O4/c25-20(17-28-21-9-4-8-19(14-21)24(26)27)16-23-11-5-10-22(12-13-23)15-18-6-2-1-3-7-18/h1-4,6-9,14,20,25H,5,10-13,15-17H2. The molecule has 1 fully saturated rings. The Balaban J connectivity index is 1.42. The van der Waals surface area contributed by atoms with Crippen molar-refractivity contribution in [3.63, 3.8) is 0 Å². The van der Waals surface area contributed by atoms with Crippen molar-refractivity contribution in [1.29, 1.82) is 0 Å². The summed E-state index contributed by atoms with van der Waals surface area (Å²) >= 11 is 0. The van der Waals surface area contributed by atoms with Crippen molar-refractivity contribution in [1.82, 2.24) is 9.80 Å². The van der Waals surface area contributed by atoms with Gasteiger partial charge in [-0.25, -0.2) is 0 Å². The second-order valence-corrected chi connectivity index (χ2v) is 7.14. The highest BCUT2D eigenvalue weighted by atomic mass is 16.6. The molecule has 2 aromatic carbocycles. The summed E-state index contributed by atoms with van der Waals surface area (Å²) in [6, 6.07) is 16.5. The van der Waals surface area contributed by atoms with Crippen LogP contribution in [0.5, 0.6) is 5.75 Å². The van der Waals surface area contributed by atoms with Crippen molar-refractivity contribution in [2.24, 2.45) is 0 Å². The molecule has 3 rings (SSSR count). The first-order valence-electron chi connectivity index (χ1n) is 9.64. The van der Waals surface area contributed by atoms with Gasteiger partial charge >= 0.3 is 0 Å². The summed E-state index contributed by atoms with van der Waals surface area (Å²) in [7, 11) is 0. The molecule has 7 nitrogen and oxygen atoms in total. The molecule has 1 atom stereocenters. The molecule has 0 bridgehead atoms. The van der Waals surface area contributed by atoms with Crippen LogP contribution in [0.15, 0.2) is 54.6 Å². The third-order valence-electron chi connectivity index (χ3n) is 4.87. The maximum atomic E-state index is 10.8. The van der Waals surface area contributed by atoms with Crippen molar-refractivity contribution in [3.8, 4) is 5.75 Å². The third kappa shape index (κ3) is 6.30. The van der Waals surface area contributed by atoms with Crippen LogP contribution in [0, 0.1) is 10.1 Å². The van der Waals surface area contributed by atoms with Crippen molar-refractivity contribution in [2.75, 3.05) is 39.3 Å². The SMILES string of the molecule is O=[N+]([O-])c1cccc(OCC(O)CN2CCCN(Cc3ccccc3)CC2)c1. The first-order chi connectivity index (χ1) is 13.6. The average molecular weight is 385 g/mol. The number of hydrogen-bond acceptors (Lipinski definition) is 6. The second kappa shape index (κ2) is 10.2. The summed E-state index contributed by atoms with van der Waals surface area (Å²) in [5.74, 6) is 0.401. The molecule has 2 aromatic rings. The van der Waals surface area contributed by atoms with Gasteiger partial charge in [-0.15, -0.1) is 0 Å². The number of nitro benzene ring substituents is 1. The molecule has 7 heteroatoms. The fourth-order valence-electron chi connectivity index (χ4n) is 3.44. The highest BCUT2D eigenvalue weighted by Crippen LogP contribution is 2.19. The van der Waals surface area contributed by atoms with Gasteiger partial charge in [0.25, 0.3) is 5.69 Å². The van der Waals surface area contributed by atoms with Crippen LogP contribution in [-0.4, -0.2) is 65.3 Å². The van der Waals surface area contributed by atoms with Gasteiger partial charge in [0.2, 0.25) is 0 Å². The average Bonchev–Trinajstić information content (AvgIpc) is 2.92.